The first kappa shape index (κ1) is 18.3. The maximum atomic E-state index is 11.2. The molecule has 0 aromatic rings. The first-order chi connectivity index (χ1) is 9.99. The summed E-state index contributed by atoms with van der Waals surface area (Å²) in [6.07, 6.45) is -4.60. The minimum atomic E-state index is -1.23. The van der Waals surface area contributed by atoms with Gasteiger partial charge in [0.2, 0.25) is 0 Å². The summed E-state index contributed by atoms with van der Waals surface area (Å²) in [4.78, 5) is 11.2. The molecule has 0 saturated carbocycles. The highest BCUT2D eigenvalue weighted by Crippen LogP contribution is 2.28. The van der Waals surface area contributed by atoms with E-state index in [9.17, 15) is 9.90 Å². The SMILES string of the molecule is COCC(OC(C)=O)C1OC(O)C(OC)C(OC)C1OC. The van der Waals surface area contributed by atoms with Crippen LogP contribution in [0.1, 0.15) is 6.92 Å². The summed E-state index contributed by atoms with van der Waals surface area (Å²) in [5, 5.41) is 10.0. The number of rotatable bonds is 7. The van der Waals surface area contributed by atoms with Crippen molar-refractivity contribution in [2.75, 3.05) is 35.0 Å². The summed E-state index contributed by atoms with van der Waals surface area (Å²) >= 11 is 0. The second-order valence-electron chi connectivity index (χ2n) is 4.70. The van der Waals surface area contributed by atoms with Gasteiger partial charge in [-0.25, -0.2) is 0 Å². The molecular weight excluding hydrogens is 284 g/mol. The largest absolute Gasteiger partial charge is 0.457 e. The molecule has 0 aromatic carbocycles. The Bertz CT molecular complexity index is 323. The van der Waals surface area contributed by atoms with Crippen LogP contribution in [-0.2, 0) is 33.2 Å². The van der Waals surface area contributed by atoms with Crippen LogP contribution in [0.3, 0.4) is 0 Å². The topological polar surface area (TPSA) is 92.7 Å². The van der Waals surface area contributed by atoms with Gasteiger partial charge in [-0.15, -0.1) is 0 Å². The first-order valence-electron chi connectivity index (χ1n) is 6.58. The molecule has 6 unspecified atom stereocenters. The van der Waals surface area contributed by atoms with Gasteiger partial charge in [0.1, 0.15) is 24.4 Å². The molecule has 0 radical (unpaired) electrons. The predicted molar refractivity (Wildman–Crippen MR) is 70.7 cm³/mol. The van der Waals surface area contributed by atoms with E-state index in [1.807, 2.05) is 0 Å². The van der Waals surface area contributed by atoms with E-state index in [2.05, 4.69) is 0 Å². The molecule has 0 aromatic heterocycles. The van der Waals surface area contributed by atoms with Crippen molar-refractivity contribution in [1.82, 2.24) is 0 Å². The molecule has 124 valence electrons. The Kier molecular flexibility index (Phi) is 7.50. The molecule has 1 rings (SSSR count). The van der Waals surface area contributed by atoms with Gasteiger partial charge < -0.3 is 33.5 Å². The highest BCUT2D eigenvalue weighted by atomic mass is 16.7. The molecule has 1 saturated heterocycles. The minimum absolute atomic E-state index is 0.102. The van der Waals surface area contributed by atoms with Crippen LogP contribution in [0, 0.1) is 0 Å². The fraction of sp³-hybridized carbons (Fsp3) is 0.923. The lowest BCUT2D eigenvalue weighted by Gasteiger charge is -2.44. The number of aliphatic hydroxyl groups excluding tert-OH is 1. The molecule has 0 bridgehead atoms. The molecule has 0 amide bonds. The van der Waals surface area contributed by atoms with Gasteiger partial charge >= 0.3 is 5.97 Å². The molecule has 1 aliphatic rings. The summed E-state index contributed by atoms with van der Waals surface area (Å²) in [6, 6.07) is 0. The van der Waals surface area contributed by atoms with Crippen LogP contribution in [0.5, 0.6) is 0 Å². The van der Waals surface area contributed by atoms with Crippen LogP contribution < -0.4 is 0 Å². The fourth-order valence-electron chi connectivity index (χ4n) is 2.51. The van der Waals surface area contributed by atoms with Crippen molar-refractivity contribution in [3.05, 3.63) is 0 Å². The van der Waals surface area contributed by atoms with E-state index in [-0.39, 0.29) is 6.61 Å². The molecule has 1 aliphatic heterocycles. The van der Waals surface area contributed by atoms with Crippen molar-refractivity contribution in [2.45, 2.75) is 43.7 Å². The Morgan fingerprint density at radius 2 is 1.67 bits per heavy atom. The Morgan fingerprint density at radius 3 is 2.10 bits per heavy atom. The van der Waals surface area contributed by atoms with E-state index < -0.39 is 42.8 Å². The van der Waals surface area contributed by atoms with Gasteiger partial charge in [0.15, 0.2) is 12.4 Å². The van der Waals surface area contributed by atoms with Gasteiger partial charge in [0.05, 0.1) is 6.61 Å². The zero-order valence-electron chi connectivity index (χ0n) is 13.0. The molecule has 0 spiro atoms. The Hall–Kier alpha value is -0.770. The van der Waals surface area contributed by atoms with Crippen LogP contribution in [-0.4, -0.2) is 82.9 Å². The zero-order chi connectivity index (χ0) is 16.0. The van der Waals surface area contributed by atoms with E-state index in [1.165, 1.54) is 35.4 Å². The van der Waals surface area contributed by atoms with Crippen LogP contribution >= 0.6 is 0 Å². The summed E-state index contributed by atoms with van der Waals surface area (Å²) in [6.45, 7) is 1.39. The van der Waals surface area contributed by atoms with Crippen molar-refractivity contribution in [3.8, 4) is 0 Å². The summed E-state index contributed by atoms with van der Waals surface area (Å²) in [7, 11) is 5.88. The molecule has 8 nitrogen and oxygen atoms in total. The van der Waals surface area contributed by atoms with E-state index in [0.717, 1.165) is 0 Å². The van der Waals surface area contributed by atoms with Crippen LogP contribution in [0.4, 0.5) is 0 Å². The number of esters is 1. The molecule has 1 heterocycles. The third-order valence-electron chi connectivity index (χ3n) is 3.38. The van der Waals surface area contributed by atoms with Crippen molar-refractivity contribution < 1.29 is 38.3 Å². The maximum Gasteiger partial charge on any atom is 0.303 e. The third kappa shape index (κ3) is 4.35. The summed E-state index contributed by atoms with van der Waals surface area (Å²) < 4.78 is 31.7. The Balaban J connectivity index is 2.98. The van der Waals surface area contributed by atoms with E-state index >= 15 is 0 Å². The van der Waals surface area contributed by atoms with Crippen molar-refractivity contribution in [3.63, 3.8) is 0 Å². The van der Waals surface area contributed by atoms with Crippen LogP contribution in [0.15, 0.2) is 0 Å². The number of carbonyl (C=O) groups excluding carboxylic acids is 1. The van der Waals surface area contributed by atoms with Crippen molar-refractivity contribution >= 4 is 5.97 Å². The second kappa shape index (κ2) is 8.62. The third-order valence-corrected chi connectivity index (χ3v) is 3.38. The Labute approximate surface area is 124 Å². The molecule has 1 N–H and O–H groups in total. The van der Waals surface area contributed by atoms with E-state index in [0.29, 0.717) is 0 Å². The van der Waals surface area contributed by atoms with Gasteiger partial charge in [-0.3, -0.25) is 4.79 Å². The minimum Gasteiger partial charge on any atom is -0.457 e. The second-order valence-corrected chi connectivity index (χ2v) is 4.70. The van der Waals surface area contributed by atoms with E-state index in [1.54, 1.807) is 0 Å². The normalized spacial score (nSPS) is 34.5. The number of aliphatic hydroxyl groups is 1. The van der Waals surface area contributed by atoms with Crippen molar-refractivity contribution in [1.29, 1.82) is 0 Å². The van der Waals surface area contributed by atoms with E-state index in [4.69, 9.17) is 28.4 Å². The van der Waals surface area contributed by atoms with Gasteiger partial charge in [0, 0.05) is 35.4 Å². The smallest absolute Gasteiger partial charge is 0.303 e. The quantitative estimate of drug-likeness (QED) is 0.619. The predicted octanol–water partition coefficient (Wildman–Crippen LogP) is -0.673. The number of carbonyl (C=O) groups is 1. The standard InChI is InChI=1S/C13H24O8/c1-7(14)20-8(6-16-2)9-10(17-3)11(18-4)12(19-5)13(15)21-9/h8-13,15H,6H2,1-5H3. The monoisotopic (exact) mass is 308 g/mol. The fourth-order valence-corrected chi connectivity index (χ4v) is 2.51. The molecular formula is C13H24O8. The molecule has 6 atom stereocenters. The number of ether oxygens (including phenoxy) is 6. The van der Waals surface area contributed by atoms with Gasteiger partial charge in [-0.05, 0) is 0 Å². The van der Waals surface area contributed by atoms with Gasteiger partial charge in [-0.1, -0.05) is 0 Å². The molecule has 21 heavy (non-hydrogen) atoms. The Morgan fingerprint density at radius 1 is 1.10 bits per heavy atom. The maximum absolute atomic E-state index is 11.2. The zero-order valence-corrected chi connectivity index (χ0v) is 13.0. The lowest BCUT2D eigenvalue weighted by Crippen LogP contribution is -2.63. The lowest BCUT2D eigenvalue weighted by molar-refractivity contribution is -0.311. The van der Waals surface area contributed by atoms with Gasteiger partial charge in [0.25, 0.3) is 0 Å². The van der Waals surface area contributed by atoms with Crippen LogP contribution in [0.2, 0.25) is 0 Å². The molecule has 0 aliphatic carbocycles. The summed E-state index contributed by atoms with van der Waals surface area (Å²) in [5.41, 5.74) is 0. The first-order valence-corrected chi connectivity index (χ1v) is 6.58. The average molecular weight is 308 g/mol. The number of hydrogen-bond donors (Lipinski definition) is 1. The van der Waals surface area contributed by atoms with Crippen LogP contribution in [0.25, 0.3) is 0 Å². The summed E-state index contributed by atoms with van der Waals surface area (Å²) in [5.74, 6) is -0.479. The highest BCUT2D eigenvalue weighted by molar-refractivity contribution is 5.66. The number of methoxy groups -OCH3 is 4. The van der Waals surface area contributed by atoms with Crippen molar-refractivity contribution in [2.24, 2.45) is 0 Å². The number of hydrogen-bond acceptors (Lipinski definition) is 8. The molecule has 8 heteroatoms. The molecule has 1 fully saturated rings. The lowest BCUT2D eigenvalue weighted by atomic mass is 9.95. The highest BCUT2D eigenvalue weighted by Gasteiger charge is 2.50. The average Bonchev–Trinajstić information content (AvgIpc) is 2.44. The van der Waals surface area contributed by atoms with Gasteiger partial charge in [-0.2, -0.15) is 0 Å².